The molecular formula is C18H22N2O5S. The number of sulfonamides is 1. The Morgan fingerprint density at radius 1 is 1.04 bits per heavy atom. The smallest absolute Gasteiger partial charge is 0.276 e. The van der Waals surface area contributed by atoms with E-state index in [9.17, 15) is 8.42 Å². The van der Waals surface area contributed by atoms with Crippen LogP contribution in [0, 0.1) is 0 Å². The highest BCUT2D eigenvalue weighted by Gasteiger charge is 2.16. The van der Waals surface area contributed by atoms with Gasteiger partial charge in [0.15, 0.2) is 11.5 Å². The molecule has 0 spiro atoms. The average Bonchev–Trinajstić information content (AvgIpc) is 2.66. The summed E-state index contributed by atoms with van der Waals surface area (Å²) in [6.07, 6.45) is 2.35. The fourth-order valence-electron chi connectivity index (χ4n) is 2.08. The highest BCUT2D eigenvalue weighted by molar-refractivity contribution is 7.89. The molecule has 2 aromatic rings. The van der Waals surface area contributed by atoms with E-state index in [0.29, 0.717) is 18.1 Å². The number of benzene rings is 2. The zero-order valence-electron chi connectivity index (χ0n) is 14.9. The van der Waals surface area contributed by atoms with Crippen LogP contribution in [0.4, 0.5) is 0 Å². The highest BCUT2D eigenvalue weighted by atomic mass is 32.2. The lowest BCUT2D eigenvalue weighted by Gasteiger charge is -2.09. The summed E-state index contributed by atoms with van der Waals surface area (Å²) in [7, 11) is -0.899. The molecule has 2 aromatic carbocycles. The van der Waals surface area contributed by atoms with Gasteiger partial charge in [-0.05, 0) is 48.4 Å². The lowest BCUT2D eigenvalue weighted by Crippen LogP contribution is -2.18. The third-order valence-electron chi connectivity index (χ3n) is 3.40. The molecule has 1 N–H and O–H groups in total. The number of nitrogens with one attached hydrogen (secondary N) is 1. The maximum absolute atomic E-state index is 12.3. The van der Waals surface area contributed by atoms with Gasteiger partial charge in [-0.2, -0.15) is 13.5 Å². The number of ether oxygens (including phenoxy) is 3. The number of methoxy groups -OCH3 is 2. The van der Waals surface area contributed by atoms with Crippen LogP contribution in [0.3, 0.4) is 0 Å². The van der Waals surface area contributed by atoms with Crippen LogP contribution in [0.1, 0.15) is 18.9 Å². The molecule has 0 aliphatic heterocycles. The zero-order chi connectivity index (χ0) is 19.0. The molecule has 26 heavy (non-hydrogen) atoms. The maximum Gasteiger partial charge on any atom is 0.276 e. The minimum atomic E-state index is -3.82. The number of hydrogen-bond acceptors (Lipinski definition) is 6. The van der Waals surface area contributed by atoms with E-state index in [-0.39, 0.29) is 4.90 Å². The molecule has 0 aliphatic carbocycles. The van der Waals surface area contributed by atoms with Crippen LogP contribution < -0.4 is 19.0 Å². The average molecular weight is 378 g/mol. The van der Waals surface area contributed by atoms with Crippen LogP contribution in [0.2, 0.25) is 0 Å². The van der Waals surface area contributed by atoms with Gasteiger partial charge in [0.05, 0.1) is 31.9 Å². The summed E-state index contributed by atoms with van der Waals surface area (Å²) < 4.78 is 40.3. The fraction of sp³-hybridized carbons (Fsp3) is 0.278. The Labute approximate surface area is 153 Å². The van der Waals surface area contributed by atoms with Crippen LogP contribution in [-0.2, 0) is 10.0 Å². The molecule has 0 saturated carbocycles. The van der Waals surface area contributed by atoms with Gasteiger partial charge in [0, 0.05) is 6.07 Å². The van der Waals surface area contributed by atoms with Gasteiger partial charge in [-0.3, -0.25) is 0 Å². The molecule has 140 valence electrons. The molecule has 0 heterocycles. The molecule has 0 saturated heterocycles. The van der Waals surface area contributed by atoms with E-state index < -0.39 is 10.0 Å². The van der Waals surface area contributed by atoms with Crippen LogP contribution in [0.15, 0.2) is 52.5 Å². The molecule has 0 aromatic heterocycles. The lowest BCUT2D eigenvalue weighted by molar-refractivity contribution is 0.317. The molecule has 0 atom stereocenters. The second kappa shape index (κ2) is 9.10. The van der Waals surface area contributed by atoms with Gasteiger partial charge in [0.1, 0.15) is 5.75 Å². The molecule has 2 rings (SSSR count). The largest absolute Gasteiger partial charge is 0.494 e. The summed E-state index contributed by atoms with van der Waals surface area (Å²) in [5.74, 6) is 1.53. The third-order valence-corrected chi connectivity index (χ3v) is 4.63. The van der Waals surface area contributed by atoms with Gasteiger partial charge in [0.2, 0.25) is 0 Å². The van der Waals surface area contributed by atoms with Crippen molar-refractivity contribution in [2.75, 3.05) is 20.8 Å². The lowest BCUT2D eigenvalue weighted by atomic mass is 10.2. The Hall–Kier alpha value is -2.74. The first kappa shape index (κ1) is 19.6. The first-order valence-corrected chi connectivity index (χ1v) is 9.48. The molecular weight excluding hydrogens is 356 g/mol. The monoisotopic (exact) mass is 378 g/mol. The Kier molecular flexibility index (Phi) is 6.85. The number of hydrazone groups is 1. The summed E-state index contributed by atoms with van der Waals surface area (Å²) >= 11 is 0. The molecule has 0 fully saturated rings. The summed E-state index contributed by atoms with van der Waals surface area (Å²) in [5.41, 5.74) is 0.740. The summed E-state index contributed by atoms with van der Waals surface area (Å²) in [4.78, 5) is 2.20. The van der Waals surface area contributed by atoms with Crippen LogP contribution in [-0.4, -0.2) is 35.5 Å². The highest BCUT2D eigenvalue weighted by Crippen LogP contribution is 2.29. The van der Waals surface area contributed by atoms with Crippen molar-refractivity contribution < 1.29 is 22.6 Å². The van der Waals surface area contributed by atoms with Crippen molar-refractivity contribution in [2.45, 2.75) is 18.2 Å². The first-order valence-electron chi connectivity index (χ1n) is 8.00. The van der Waals surface area contributed by atoms with E-state index >= 15 is 0 Å². The Bertz CT molecular complexity index is 848. The molecule has 8 heteroatoms. The maximum atomic E-state index is 12.3. The summed E-state index contributed by atoms with van der Waals surface area (Å²) in [5, 5.41) is 3.80. The van der Waals surface area contributed by atoms with Crippen LogP contribution in [0.25, 0.3) is 0 Å². The van der Waals surface area contributed by atoms with Crippen LogP contribution in [0.5, 0.6) is 17.2 Å². The van der Waals surface area contributed by atoms with Crippen molar-refractivity contribution in [3.63, 3.8) is 0 Å². The number of nitrogens with zero attached hydrogens (tertiary/aromatic N) is 1. The van der Waals surface area contributed by atoms with Crippen molar-refractivity contribution in [1.82, 2.24) is 4.83 Å². The van der Waals surface area contributed by atoms with Gasteiger partial charge in [-0.15, -0.1) is 0 Å². The summed E-state index contributed by atoms with van der Waals surface area (Å²) in [6.45, 7) is 2.68. The van der Waals surface area contributed by atoms with Crippen molar-refractivity contribution >= 4 is 16.2 Å². The predicted octanol–water partition coefficient (Wildman–Crippen LogP) is 2.81. The van der Waals surface area contributed by atoms with Crippen molar-refractivity contribution in [3.8, 4) is 17.2 Å². The minimum Gasteiger partial charge on any atom is -0.494 e. The van der Waals surface area contributed by atoms with E-state index in [0.717, 1.165) is 17.7 Å². The van der Waals surface area contributed by atoms with Gasteiger partial charge in [-0.1, -0.05) is 6.92 Å². The number of rotatable bonds is 9. The van der Waals surface area contributed by atoms with E-state index in [2.05, 4.69) is 9.93 Å². The standard InChI is InChI=1S/C18H22N2O5S/c1-4-11-25-15-7-5-14(6-8-15)13-19-20-26(21,22)16-9-10-17(23-2)18(12-16)24-3/h5-10,12-13,20H,4,11H2,1-3H3/b19-13+. The Balaban J connectivity index is 2.06. The SMILES string of the molecule is CCCOc1ccc(/C=N/NS(=O)(=O)c2ccc(OC)c(OC)c2)cc1. The molecule has 0 radical (unpaired) electrons. The minimum absolute atomic E-state index is 0.0237. The topological polar surface area (TPSA) is 86.2 Å². The van der Waals surface area contributed by atoms with Gasteiger partial charge in [0.25, 0.3) is 10.0 Å². The summed E-state index contributed by atoms with van der Waals surface area (Å²) in [6, 6.07) is 11.5. The fourth-order valence-corrected chi connectivity index (χ4v) is 2.88. The molecule has 0 aliphatic rings. The van der Waals surface area contributed by atoms with Crippen LogP contribution >= 0.6 is 0 Å². The molecule has 0 unspecified atom stereocenters. The Morgan fingerprint density at radius 3 is 2.35 bits per heavy atom. The van der Waals surface area contributed by atoms with E-state index in [4.69, 9.17) is 14.2 Å². The number of hydrogen-bond donors (Lipinski definition) is 1. The van der Waals surface area contributed by atoms with Crippen molar-refractivity contribution in [1.29, 1.82) is 0 Å². The second-order valence-electron chi connectivity index (χ2n) is 5.29. The molecule has 0 amide bonds. The van der Waals surface area contributed by atoms with E-state index in [1.165, 1.54) is 38.6 Å². The van der Waals surface area contributed by atoms with Crippen molar-refractivity contribution in [3.05, 3.63) is 48.0 Å². The quantitative estimate of drug-likeness (QED) is 0.536. The Morgan fingerprint density at radius 2 is 1.73 bits per heavy atom. The van der Waals surface area contributed by atoms with Gasteiger partial charge < -0.3 is 14.2 Å². The van der Waals surface area contributed by atoms with Gasteiger partial charge >= 0.3 is 0 Å². The normalized spacial score (nSPS) is 11.3. The van der Waals surface area contributed by atoms with Crippen molar-refractivity contribution in [2.24, 2.45) is 5.10 Å². The molecule has 7 nitrogen and oxygen atoms in total. The van der Waals surface area contributed by atoms with Gasteiger partial charge in [-0.25, -0.2) is 4.83 Å². The van der Waals surface area contributed by atoms with E-state index in [1.54, 1.807) is 24.3 Å². The second-order valence-corrected chi connectivity index (χ2v) is 6.95. The van der Waals surface area contributed by atoms with E-state index in [1.807, 2.05) is 6.92 Å². The predicted molar refractivity (Wildman–Crippen MR) is 99.7 cm³/mol. The third kappa shape index (κ3) is 5.13. The zero-order valence-corrected chi connectivity index (χ0v) is 15.7. The first-order chi connectivity index (χ1) is 12.5. The molecule has 0 bridgehead atoms.